The maximum atomic E-state index is 13.3. The molecule has 0 bridgehead atoms. The lowest BCUT2D eigenvalue weighted by Crippen LogP contribution is -2.36. The lowest BCUT2D eigenvalue weighted by atomic mass is 10.1. The first kappa shape index (κ1) is 20.8. The van der Waals surface area contributed by atoms with E-state index in [0.29, 0.717) is 18.7 Å². The van der Waals surface area contributed by atoms with Crippen molar-refractivity contribution < 1.29 is 18.7 Å². The van der Waals surface area contributed by atoms with Crippen molar-refractivity contribution in [2.45, 2.75) is 32.8 Å². The van der Waals surface area contributed by atoms with Crippen LogP contribution in [0.15, 0.2) is 18.2 Å². The highest BCUT2D eigenvalue weighted by molar-refractivity contribution is 7.59. The molecule has 0 aromatic heterocycles. The predicted octanol–water partition coefficient (Wildman–Crippen LogP) is 3.01. The number of nitrogens with one attached hydrogen (secondary N) is 1. The van der Waals surface area contributed by atoms with E-state index in [9.17, 15) is 14.0 Å². The zero-order valence-corrected chi connectivity index (χ0v) is 15.4. The molecule has 1 saturated heterocycles. The molecule has 0 spiro atoms. The fourth-order valence-electron chi connectivity index (χ4n) is 2.40. The minimum atomic E-state index is -0.632. The number of halogens is 1. The van der Waals surface area contributed by atoms with E-state index in [1.165, 1.54) is 17.0 Å². The smallest absolute Gasteiger partial charge is 0.410 e. The van der Waals surface area contributed by atoms with Crippen LogP contribution in [0.5, 0.6) is 0 Å². The van der Waals surface area contributed by atoms with Gasteiger partial charge in [-0.15, -0.1) is 0 Å². The third-order valence-electron chi connectivity index (χ3n) is 3.57. The van der Waals surface area contributed by atoms with Crippen LogP contribution in [0.25, 0.3) is 0 Å². The third kappa shape index (κ3) is 5.64. The second kappa shape index (κ2) is 8.21. The summed E-state index contributed by atoms with van der Waals surface area (Å²) in [6, 6.07) is 5.54. The van der Waals surface area contributed by atoms with Crippen LogP contribution in [-0.4, -0.2) is 35.6 Å². The maximum absolute atomic E-state index is 13.3. The number of nitriles is 1. The minimum Gasteiger partial charge on any atom is -0.444 e. The summed E-state index contributed by atoms with van der Waals surface area (Å²) in [6.07, 6.45) is 0.0866. The summed E-state index contributed by atoms with van der Waals surface area (Å²) in [5, 5.41) is 11.5. The zero-order valence-electron chi connectivity index (χ0n) is 14.4. The van der Waals surface area contributed by atoms with Crippen molar-refractivity contribution in [3.05, 3.63) is 29.6 Å². The lowest BCUT2D eigenvalue weighted by molar-refractivity contribution is -0.119. The van der Waals surface area contributed by atoms with Gasteiger partial charge in [-0.3, -0.25) is 4.79 Å². The molecule has 0 radical (unpaired) electrons. The maximum Gasteiger partial charge on any atom is 0.410 e. The first-order chi connectivity index (χ1) is 11.2. The largest absolute Gasteiger partial charge is 0.444 e. The molecule has 6 nitrogen and oxygen atoms in total. The molecule has 1 N–H and O–H groups in total. The Kier molecular flexibility index (Phi) is 6.82. The Morgan fingerprint density at radius 3 is 2.68 bits per heavy atom. The third-order valence-corrected chi connectivity index (χ3v) is 3.57. The lowest BCUT2D eigenvalue weighted by Gasteiger charge is -2.24. The van der Waals surface area contributed by atoms with Gasteiger partial charge in [0.15, 0.2) is 0 Å². The van der Waals surface area contributed by atoms with Crippen molar-refractivity contribution in [1.29, 1.82) is 5.26 Å². The van der Waals surface area contributed by atoms with Gasteiger partial charge in [-0.25, -0.2) is 9.18 Å². The fourth-order valence-corrected chi connectivity index (χ4v) is 2.40. The molecular formula is C17H22FN3O3S. The monoisotopic (exact) mass is 367 g/mol. The van der Waals surface area contributed by atoms with Crippen LogP contribution >= 0.6 is 13.5 Å². The predicted molar refractivity (Wildman–Crippen MR) is 96.0 cm³/mol. The molecule has 0 unspecified atom stereocenters. The fraction of sp³-hybridized carbons (Fsp3) is 0.471. The molecular weight excluding hydrogens is 345 g/mol. The van der Waals surface area contributed by atoms with E-state index in [1.54, 1.807) is 26.8 Å². The first-order valence-corrected chi connectivity index (χ1v) is 7.68. The molecule has 0 saturated carbocycles. The summed E-state index contributed by atoms with van der Waals surface area (Å²) in [5.74, 6) is -1.27. The van der Waals surface area contributed by atoms with Gasteiger partial charge in [-0.1, -0.05) is 0 Å². The molecule has 1 aromatic carbocycles. The summed E-state index contributed by atoms with van der Waals surface area (Å²) < 4.78 is 18.6. The Morgan fingerprint density at radius 1 is 1.40 bits per heavy atom. The van der Waals surface area contributed by atoms with E-state index < -0.39 is 17.5 Å². The van der Waals surface area contributed by atoms with Crippen molar-refractivity contribution >= 4 is 31.2 Å². The molecule has 1 aromatic rings. The Bertz CT molecular complexity index is 697. The van der Waals surface area contributed by atoms with Crippen molar-refractivity contribution in [2.75, 3.05) is 18.4 Å². The van der Waals surface area contributed by atoms with E-state index in [2.05, 4.69) is 5.32 Å². The summed E-state index contributed by atoms with van der Waals surface area (Å²) >= 11 is 0. The number of hydrogen-bond acceptors (Lipinski definition) is 4. The van der Waals surface area contributed by atoms with Gasteiger partial charge >= 0.3 is 6.09 Å². The van der Waals surface area contributed by atoms with Crippen molar-refractivity contribution in [3.63, 3.8) is 0 Å². The number of ether oxygens (including phenoxy) is 1. The number of carbonyl (C=O) groups is 2. The van der Waals surface area contributed by atoms with Crippen molar-refractivity contribution in [3.8, 4) is 6.07 Å². The van der Waals surface area contributed by atoms with Crippen molar-refractivity contribution in [1.82, 2.24) is 4.90 Å². The summed E-state index contributed by atoms with van der Waals surface area (Å²) in [7, 11) is 0. The highest BCUT2D eigenvalue weighted by Crippen LogP contribution is 2.22. The van der Waals surface area contributed by atoms with E-state index in [4.69, 9.17) is 10.00 Å². The normalized spacial score (nSPS) is 16.6. The average molecular weight is 367 g/mol. The molecule has 8 heteroatoms. The topological polar surface area (TPSA) is 82.4 Å². The van der Waals surface area contributed by atoms with Crippen LogP contribution in [0.1, 0.15) is 32.8 Å². The van der Waals surface area contributed by atoms with E-state index in [1.807, 2.05) is 0 Å². The van der Waals surface area contributed by atoms with Gasteiger partial charge in [-0.2, -0.15) is 18.8 Å². The Labute approximate surface area is 153 Å². The highest BCUT2D eigenvalue weighted by Gasteiger charge is 2.33. The van der Waals surface area contributed by atoms with Gasteiger partial charge in [0.2, 0.25) is 5.91 Å². The van der Waals surface area contributed by atoms with Crippen molar-refractivity contribution in [2.24, 2.45) is 5.92 Å². The summed E-state index contributed by atoms with van der Waals surface area (Å²) in [4.78, 5) is 25.8. The summed E-state index contributed by atoms with van der Waals surface area (Å²) in [5.41, 5.74) is -0.359. The van der Waals surface area contributed by atoms with Gasteiger partial charge in [-0.05, 0) is 45.4 Å². The Balaban J connectivity index is 0.00000312. The summed E-state index contributed by atoms with van der Waals surface area (Å²) in [6.45, 7) is 6.07. The van der Waals surface area contributed by atoms with Gasteiger partial charge in [0.05, 0.1) is 11.5 Å². The molecule has 1 atom stereocenters. The van der Waals surface area contributed by atoms with E-state index in [-0.39, 0.29) is 37.4 Å². The van der Waals surface area contributed by atoms with Crippen LogP contribution in [-0.2, 0) is 9.53 Å². The van der Waals surface area contributed by atoms with Gasteiger partial charge in [0.25, 0.3) is 0 Å². The molecule has 1 aliphatic heterocycles. The number of hydrogen-bond donors (Lipinski definition) is 1. The second-order valence-electron chi connectivity index (χ2n) is 6.71. The number of nitrogens with zero attached hydrogens (tertiary/aromatic N) is 2. The van der Waals surface area contributed by atoms with Crippen LogP contribution in [0.4, 0.5) is 14.9 Å². The molecule has 1 heterocycles. The Hall–Kier alpha value is -2.27. The van der Waals surface area contributed by atoms with Crippen LogP contribution < -0.4 is 5.32 Å². The molecule has 1 aliphatic rings. The zero-order chi connectivity index (χ0) is 17.9. The standard InChI is InChI=1S/C17H20FN3O3.H2S/c1-17(2,3)24-16(23)21-7-6-11(10-21)15(22)20-13-4-5-14(18)12(8-13)9-19;/h4-5,8,11H,6-7,10H2,1-3H3,(H,20,22);1H2/t11-;/m0./s1. The highest BCUT2D eigenvalue weighted by atomic mass is 32.1. The SMILES string of the molecule is CC(C)(C)OC(=O)N1CC[C@H](C(=O)Nc2ccc(F)c(C#N)c2)C1.S. The van der Waals surface area contributed by atoms with Gasteiger partial charge < -0.3 is 15.0 Å². The number of amides is 2. The number of benzene rings is 1. The molecule has 25 heavy (non-hydrogen) atoms. The second-order valence-corrected chi connectivity index (χ2v) is 6.71. The van der Waals surface area contributed by atoms with Gasteiger partial charge in [0, 0.05) is 18.8 Å². The van der Waals surface area contributed by atoms with Crippen LogP contribution in [0.3, 0.4) is 0 Å². The molecule has 136 valence electrons. The Morgan fingerprint density at radius 2 is 2.08 bits per heavy atom. The number of anilines is 1. The quantitative estimate of drug-likeness (QED) is 0.871. The van der Waals surface area contributed by atoms with E-state index in [0.717, 1.165) is 6.07 Å². The molecule has 0 aliphatic carbocycles. The molecule has 2 amide bonds. The van der Waals surface area contributed by atoms with Gasteiger partial charge in [0.1, 0.15) is 17.5 Å². The number of carbonyl (C=O) groups excluding carboxylic acids is 2. The number of likely N-dealkylation sites (tertiary alicyclic amines) is 1. The molecule has 2 rings (SSSR count). The average Bonchev–Trinajstić information content (AvgIpc) is 2.97. The van der Waals surface area contributed by atoms with Crippen LogP contribution in [0, 0.1) is 23.1 Å². The first-order valence-electron chi connectivity index (χ1n) is 7.68. The minimum absolute atomic E-state index is 0. The number of rotatable bonds is 2. The van der Waals surface area contributed by atoms with Crippen LogP contribution in [0.2, 0.25) is 0 Å². The molecule has 1 fully saturated rings. The van der Waals surface area contributed by atoms with E-state index >= 15 is 0 Å².